The summed E-state index contributed by atoms with van der Waals surface area (Å²) in [5.74, 6) is -2.11. The summed E-state index contributed by atoms with van der Waals surface area (Å²) < 4.78 is 0. The highest BCUT2D eigenvalue weighted by atomic mass is 16.4. The second-order valence-electron chi connectivity index (χ2n) is 4.27. The molecule has 1 aliphatic rings. The summed E-state index contributed by atoms with van der Waals surface area (Å²) in [7, 11) is 0. The molecule has 1 aliphatic heterocycles. The number of piperazine rings is 1. The van der Waals surface area contributed by atoms with Crippen LogP contribution in [0.25, 0.3) is 0 Å². The molecule has 0 unspecified atom stereocenters. The third kappa shape index (κ3) is 2.95. The molecule has 1 N–H and O–H groups in total. The Kier molecular flexibility index (Phi) is 3.87. The van der Waals surface area contributed by atoms with E-state index in [1.54, 1.807) is 0 Å². The maximum absolute atomic E-state index is 11.6. The molecule has 0 atom stereocenters. The van der Waals surface area contributed by atoms with E-state index in [-0.39, 0.29) is 0 Å². The zero-order valence-electron chi connectivity index (χ0n) is 9.47. The van der Waals surface area contributed by atoms with E-state index in [0.717, 1.165) is 4.90 Å². The zero-order chi connectivity index (χ0) is 12.3. The van der Waals surface area contributed by atoms with Crippen molar-refractivity contribution in [3.05, 3.63) is 0 Å². The zero-order valence-corrected chi connectivity index (χ0v) is 9.47. The Bertz CT molecular complexity index is 314. The monoisotopic (exact) mass is 228 g/mol. The van der Waals surface area contributed by atoms with Crippen molar-refractivity contribution in [3.63, 3.8) is 0 Å². The summed E-state index contributed by atoms with van der Waals surface area (Å²) in [5.41, 5.74) is 0. The van der Waals surface area contributed by atoms with Crippen LogP contribution in [-0.4, -0.2) is 58.9 Å². The molecule has 16 heavy (non-hydrogen) atoms. The van der Waals surface area contributed by atoms with Crippen LogP contribution >= 0.6 is 0 Å². The van der Waals surface area contributed by atoms with Crippen LogP contribution < -0.4 is 0 Å². The first-order valence-corrected chi connectivity index (χ1v) is 5.21. The fourth-order valence-electron chi connectivity index (χ4n) is 1.64. The largest absolute Gasteiger partial charge is 0.480 e. The highest BCUT2D eigenvalue weighted by Gasteiger charge is 2.33. The van der Waals surface area contributed by atoms with Crippen molar-refractivity contribution in [3.8, 4) is 0 Å². The first-order chi connectivity index (χ1) is 7.41. The second kappa shape index (κ2) is 4.96. The molecule has 0 aromatic carbocycles. The van der Waals surface area contributed by atoms with E-state index in [4.69, 9.17) is 5.11 Å². The van der Waals surface area contributed by atoms with Gasteiger partial charge in [-0.05, 0) is 5.92 Å². The lowest BCUT2D eigenvalue weighted by Crippen LogP contribution is -2.56. The van der Waals surface area contributed by atoms with Gasteiger partial charge in [0.15, 0.2) is 0 Å². The SMILES string of the molecule is CC(C)CN1CCN(CC(=O)O)C(=O)C1=O. The molecule has 0 aliphatic carbocycles. The van der Waals surface area contributed by atoms with E-state index in [9.17, 15) is 14.4 Å². The minimum atomic E-state index is -1.10. The number of nitrogens with zero attached hydrogens (tertiary/aromatic N) is 2. The predicted molar refractivity (Wildman–Crippen MR) is 55.6 cm³/mol. The van der Waals surface area contributed by atoms with Crippen LogP contribution in [0.1, 0.15) is 13.8 Å². The lowest BCUT2D eigenvalue weighted by molar-refractivity contribution is -0.158. The first kappa shape index (κ1) is 12.5. The number of rotatable bonds is 4. The number of carbonyl (C=O) groups excluding carboxylic acids is 2. The molecule has 1 rings (SSSR count). The van der Waals surface area contributed by atoms with E-state index in [1.807, 2.05) is 13.8 Å². The Morgan fingerprint density at radius 3 is 2.25 bits per heavy atom. The van der Waals surface area contributed by atoms with Gasteiger partial charge < -0.3 is 14.9 Å². The van der Waals surface area contributed by atoms with Crippen LogP contribution in [0.3, 0.4) is 0 Å². The predicted octanol–water partition coefficient (Wildman–Crippen LogP) is -0.602. The highest BCUT2D eigenvalue weighted by Crippen LogP contribution is 2.07. The molecule has 90 valence electrons. The minimum absolute atomic E-state index is 0.294. The van der Waals surface area contributed by atoms with Crippen molar-refractivity contribution >= 4 is 17.8 Å². The van der Waals surface area contributed by atoms with Crippen LogP contribution in [0, 0.1) is 5.92 Å². The van der Waals surface area contributed by atoms with Gasteiger partial charge in [-0.15, -0.1) is 0 Å². The molecule has 1 heterocycles. The number of hydrogen-bond acceptors (Lipinski definition) is 3. The number of carboxylic acids is 1. The average Bonchev–Trinajstić information content (AvgIpc) is 2.16. The fraction of sp³-hybridized carbons (Fsp3) is 0.700. The fourth-order valence-corrected chi connectivity index (χ4v) is 1.64. The topological polar surface area (TPSA) is 77.9 Å². The van der Waals surface area contributed by atoms with Gasteiger partial charge in [0.2, 0.25) is 0 Å². The van der Waals surface area contributed by atoms with Crippen molar-refractivity contribution in [1.82, 2.24) is 9.80 Å². The van der Waals surface area contributed by atoms with Gasteiger partial charge in [0.25, 0.3) is 0 Å². The second-order valence-corrected chi connectivity index (χ2v) is 4.27. The van der Waals surface area contributed by atoms with Gasteiger partial charge in [-0.2, -0.15) is 0 Å². The molecular weight excluding hydrogens is 212 g/mol. The van der Waals surface area contributed by atoms with E-state index >= 15 is 0 Å². The lowest BCUT2D eigenvalue weighted by Gasteiger charge is -2.33. The van der Waals surface area contributed by atoms with Crippen LogP contribution in [0.15, 0.2) is 0 Å². The number of carbonyl (C=O) groups is 3. The molecule has 0 radical (unpaired) electrons. The van der Waals surface area contributed by atoms with Crippen LogP contribution in [-0.2, 0) is 14.4 Å². The molecule has 2 amide bonds. The number of carboxylic acid groups (broad SMARTS) is 1. The molecule has 0 spiro atoms. The smallest absolute Gasteiger partial charge is 0.323 e. The molecule has 1 saturated heterocycles. The van der Waals surface area contributed by atoms with E-state index < -0.39 is 24.3 Å². The Morgan fingerprint density at radius 1 is 1.25 bits per heavy atom. The minimum Gasteiger partial charge on any atom is -0.480 e. The first-order valence-electron chi connectivity index (χ1n) is 5.21. The van der Waals surface area contributed by atoms with Gasteiger partial charge in [-0.1, -0.05) is 13.8 Å². The van der Waals surface area contributed by atoms with Crippen molar-refractivity contribution in [2.75, 3.05) is 26.2 Å². The summed E-state index contributed by atoms with van der Waals surface area (Å²) in [6.45, 7) is 4.76. The van der Waals surface area contributed by atoms with E-state index in [2.05, 4.69) is 0 Å². The van der Waals surface area contributed by atoms with Gasteiger partial charge in [-0.25, -0.2) is 0 Å². The van der Waals surface area contributed by atoms with Gasteiger partial charge in [0.05, 0.1) is 0 Å². The third-order valence-electron chi connectivity index (χ3n) is 2.31. The van der Waals surface area contributed by atoms with Gasteiger partial charge in [-0.3, -0.25) is 14.4 Å². The third-order valence-corrected chi connectivity index (χ3v) is 2.31. The van der Waals surface area contributed by atoms with Crippen LogP contribution in [0.5, 0.6) is 0 Å². The maximum Gasteiger partial charge on any atom is 0.323 e. The van der Waals surface area contributed by atoms with Gasteiger partial charge in [0.1, 0.15) is 6.54 Å². The summed E-state index contributed by atoms with van der Waals surface area (Å²) in [6.07, 6.45) is 0. The molecular formula is C10H16N2O4. The van der Waals surface area contributed by atoms with Gasteiger partial charge in [0, 0.05) is 19.6 Å². The Labute approximate surface area is 93.8 Å². The van der Waals surface area contributed by atoms with E-state index in [0.29, 0.717) is 25.6 Å². The van der Waals surface area contributed by atoms with Crippen molar-refractivity contribution in [2.45, 2.75) is 13.8 Å². The van der Waals surface area contributed by atoms with Gasteiger partial charge >= 0.3 is 17.8 Å². The molecule has 1 fully saturated rings. The summed E-state index contributed by atoms with van der Waals surface area (Å²) in [5, 5.41) is 8.56. The number of hydrogen-bond donors (Lipinski definition) is 1. The molecule has 0 saturated carbocycles. The van der Waals surface area contributed by atoms with Crippen LogP contribution in [0.2, 0.25) is 0 Å². The summed E-state index contributed by atoms with van der Waals surface area (Å²) >= 11 is 0. The Hall–Kier alpha value is -1.59. The standard InChI is InChI=1S/C10H16N2O4/c1-7(2)5-11-3-4-12(6-8(13)14)10(16)9(11)15/h7H,3-6H2,1-2H3,(H,13,14). The summed E-state index contributed by atoms with van der Waals surface area (Å²) in [4.78, 5) is 36.1. The van der Waals surface area contributed by atoms with E-state index in [1.165, 1.54) is 4.90 Å². The Balaban J connectivity index is 2.61. The van der Waals surface area contributed by atoms with Crippen molar-refractivity contribution in [2.24, 2.45) is 5.92 Å². The molecule has 0 bridgehead atoms. The molecule has 0 aromatic heterocycles. The van der Waals surface area contributed by atoms with Crippen molar-refractivity contribution in [1.29, 1.82) is 0 Å². The normalized spacial score (nSPS) is 17.2. The summed E-state index contributed by atoms with van der Waals surface area (Å²) in [6, 6.07) is 0. The van der Waals surface area contributed by atoms with Crippen molar-refractivity contribution < 1.29 is 19.5 Å². The average molecular weight is 228 g/mol. The molecule has 6 nitrogen and oxygen atoms in total. The lowest BCUT2D eigenvalue weighted by atomic mass is 10.2. The quantitative estimate of drug-likeness (QED) is 0.652. The molecule has 6 heteroatoms. The number of amides is 2. The highest BCUT2D eigenvalue weighted by molar-refractivity contribution is 6.35. The van der Waals surface area contributed by atoms with Crippen LogP contribution in [0.4, 0.5) is 0 Å². The molecule has 0 aromatic rings. The number of aliphatic carboxylic acids is 1. The Morgan fingerprint density at radius 2 is 1.75 bits per heavy atom. The maximum atomic E-state index is 11.6.